The molecule has 0 bridgehead atoms. The number of hydrogen-bond acceptors (Lipinski definition) is 2. The zero-order valence-electron chi connectivity index (χ0n) is 12.1. The van der Waals surface area contributed by atoms with Gasteiger partial charge in [-0.3, -0.25) is 9.59 Å². The molecule has 1 aliphatic heterocycles. The van der Waals surface area contributed by atoms with E-state index in [4.69, 9.17) is 0 Å². The number of piperazine rings is 1. The highest BCUT2D eigenvalue weighted by Gasteiger charge is 2.47. The summed E-state index contributed by atoms with van der Waals surface area (Å²) in [5.41, 5.74) is 0.651. The Kier molecular flexibility index (Phi) is 3.66. The first-order chi connectivity index (χ1) is 10.1. The molecule has 0 spiro atoms. The maximum absolute atomic E-state index is 13.7. The Morgan fingerprint density at radius 1 is 1.10 bits per heavy atom. The maximum Gasteiger partial charge on any atom is 0.226 e. The molecule has 1 aliphatic carbocycles. The van der Waals surface area contributed by atoms with Crippen LogP contribution in [0.2, 0.25) is 0 Å². The lowest BCUT2D eigenvalue weighted by molar-refractivity contribution is -0.139. The van der Waals surface area contributed by atoms with E-state index in [0.29, 0.717) is 31.7 Å². The van der Waals surface area contributed by atoms with Gasteiger partial charge in [0.05, 0.1) is 0 Å². The summed E-state index contributed by atoms with van der Waals surface area (Å²) < 4.78 is 13.7. The van der Waals surface area contributed by atoms with E-state index in [1.807, 2.05) is 11.0 Å². The van der Waals surface area contributed by atoms with Crippen molar-refractivity contribution in [3.8, 4) is 0 Å². The van der Waals surface area contributed by atoms with Crippen molar-refractivity contribution in [1.82, 2.24) is 9.80 Å². The second kappa shape index (κ2) is 5.47. The third-order valence-electron chi connectivity index (χ3n) is 4.45. The lowest BCUT2D eigenvalue weighted by Crippen LogP contribution is -2.50. The Labute approximate surface area is 123 Å². The standard InChI is InChI=1S/C16H19FN2O2/c1-11(20)18-6-8-19(9-7-18)16(21)14-10-13(14)12-4-2-3-5-15(12)17/h2-5,13-14H,6-10H2,1H3. The molecule has 1 saturated carbocycles. The lowest BCUT2D eigenvalue weighted by Gasteiger charge is -2.34. The van der Waals surface area contributed by atoms with Crippen molar-refractivity contribution in [1.29, 1.82) is 0 Å². The first-order valence-corrected chi connectivity index (χ1v) is 7.36. The molecule has 0 radical (unpaired) electrons. The van der Waals surface area contributed by atoms with Gasteiger partial charge in [0, 0.05) is 39.0 Å². The lowest BCUT2D eigenvalue weighted by atomic mass is 10.1. The van der Waals surface area contributed by atoms with E-state index in [-0.39, 0.29) is 29.5 Å². The molecule has 0 aromatic heterocycles. The molecule has 1 aromatic carbocycles. The van der Waals surface area contributed by atoms with Crippen molar-refractivity contribution in [2.75, 3.05) is 26.2 Å². The van der Waals surface area contributed by atoms with Crippen LogP contribution in [0, 0.1) is 11.7 Å². The average Bonchev–Trinajstić information content (AvgIpc) is 3.27. The van der Waals surface area contributed by atoms with Crippen molar-refractivity contribution in [2.45, 2.75) is 19.3 Å². The number of nitrogens with zero attached hydrogens (tertiary/aromatic N) is 2. The average molecular weight is 290 g/mol. The summed E-state index contributed by atoms with van der Waals surface area (Å²) in [6, 6.07) is 6.69. The van der Waals surface area contributed by atoms with Gasteiger partial charge in [-0.05, 0) is 24.0 Å². The highest BCUT2D eigenvalue weighted by molar-refractivity contribution is 5.83. The van der Waals surface area contributed by atoms with Gasteiger partial charge in [0.25, 0.3) is 0 Å². The van der Waals surface area contributed by atoms with Gasteiger partial charge in [0.1, 0.15) is 5.82 Å². The normalized spacial score (nSPS) is 24.9. The Morgan fingerprint density at radius 2 is 1.71 bits per heavy atom. The van der Waals surface area contributed by atoms with Crippen LogP contribution >= 0.6 is 0 Å². The minimum absolute atomic E-state index is 0.0181. The minimum Gasteiger partial charge on any atom is -0.339 e. The van der Waals surface area contributed by atoms with Gasteiger partial charge in [0.15, 0.2) is 0 Å². The molecule has 3 rings (SSSR count). The number of halogens is 1. The van der Waals surface area contributed by atoms with E-state index < -0.39 is 0 Å². The summed E-state index contributed by atoms with van der Waals surface area (Å²) in [7, 11) is 0. The van der Waals surface area contributed by atoms with E-state index in [2.05, 4.69) is 0 Å². The van der Waals surface area contributed by atoms with Gasteiger partial charge in [0.2, 0.25) is 11.8 Å². The molecule has 2 atom stereocenters. The van der Waals surface area contributed by atoms with Crippen LogP contribution < -0.4 is 0 Å². The van der Waals surface area contributed by atoms with Gasteiger partial charge in [-0.1, -0.05) is 18.2 Å². The molecular weight excluding hydrogens is 271 g/mol. The Morgan fingerprint density at radius 3 is 2.33 bits per heavy atom. The minimum atomic E-state index is -0.223. The smallest absolute Gasteiger partial charge is 0.226 e. The van der Waals surface area contributed by atoms with Gasteiger partial charge < -0.3 is 9.80 Å². The van der Waals surface area contributed by atoms with Crippen molar-refractivity contribution in [3.05, 3.63) is 35.6 Å². The van der Waals surface area contributed by atoms with E-state index in [1.54, 1.807) is 24.0 Å². The van der Waals surface area contributed by atoms with Crippen LogP contribution in [-0.2, 0) is 9.59 Å². The van der Waals surface area contributed by atoms with E-state index in [0.717, 1.165) is 6.42 Å². The van der Waals surface area contributed by atoms with Crippen molar-refractivity contribution >= 4 is 11.8 Å². The molecule has 4 nitrogen and oxygen atoms in total. The first-order valence-electron chi connectivity index (χ1n) is 7.36. The molecule has 2 amide bonds. The monoisotopic (exact) mass is 290 g/mol. The molecular formula is C16H19FN2O2. The number of carbonyl (C=O) groups is 2. The summed E-state index contributed by atoms with van der Waals surface area (Å²) in [5.74, 6) is -0.140. The first kappa shape index (κ1) is 14.0. The molecule has 0 N–H and O–H groups in total. The molecule has 112 valence electrons. The molecule has 1 heterocycles. The summed E-state index contributed by atoms with van der Waals surface area (Å²) in [6.07, 6.45) is 0.729. The fourth-order valence-electron chi connectivity index (χ4n) is 3.06. The van der Waals surface area contributed by atoms with Crippen molar-refractivity contribution < 1.29 is 14.0 Å². The van der Waals surface area contributed by atoms with E-state index >= 15 is 0 Å². The third-order valence-corrected chi connectivity index (χ3v) is 4.45. The van der Waals surface area contributed by atoms with Crippen LogP contribution in [0.4, 0.5) is 4.39 Å². The molecule has 1 aromatic rings. The highest BCUT2D eigenvalue weighted by atomic mass is 19.1. The molecule has 2 aliphatic rings. The van der Waals surface area contributed by atoms with Gasteiger partial charge in [-0.15, -0.1) is 0 Å². The van der Waals surface area contributed by atoms with E-state index in [9.17, 15) is 14.0 Å². The Bertz CT molecular complexity index is 567. The van der Waals surface area contributed by atoms with Crippen molar-refractivity contribution in [2.24, 2.45) is 5.92 Å². The van der Waals surface area contributed by atoms with Crippen LogP contribution in [-0.4, -0.2) is 47.8 Å². The predicted octanol–water partition coefficient (Wildman–Crippen LogP) is 1.62. The number of carbonyl (C=O) groups excluding carboxylic acids is 2. The molecule has 5 heteroatoms. The topological polar surface area (TPSA) is 40.6 Å². The second-order valence-electron chi connectivity index (χ2n) is 5.80. The largest absolute Gasteiger partial charge is 0.339 e. The quantitative estimate of drug-likeness (QED) is 0.830. The number of rotatable bonds is 2. The van der Waals surface area contributed by atoms with E-state index in [1.165, 1.54) is 6.07 Å². The predicted molar refractivity (Wildman–Crippen MR) is 76.1 cm³/mol. The SMILES string of the molecule is CC(=O)N1CCN(C(=O)C2CC2c2ccccc2F)CC1. The van der Waals surface area contributed by atoms with Gasteiger partial charge >= 0.3 is 0 Å². The Balaban J connectivity index is 1.59. The fraction of sp³-hybridized carbons (Fsp3) is 0.500. The molecule has 2 unspecified atom stereocenters. The Hall–Kier alpha value is -1.91. The molecule has 1 saturated heterocycles. The number of amides is 2. The zero-order valence-corrected chi connectivity index (χ0v) is 12.1. The van der Waals surface area contributed by atoms with Crippen LogP contribution in [0.5, 0.6) is 0 Å². The summed E-state index contributed by atoms with van der Waals surface area (Å²) in [4.78, 5) is 27.3. The maximum atomic E-state index is 13.7. The van der Waals surface area contributed by atoms with Gasteiger partial charge in [-0.2, -0.15) is 0 Å². The van der Waals surface area contributed by atoms with Crippen LogP contribution in [0.25, 0.3) is 0 Å². The summed E-state index contributed by atoms with van der Waals surface area (Å²) in [5, 5.41) is 0. The van der Waals surface area contributed by atoms with Crippen LogP contribution in [0.15, 0.2) is 24.3 Å². The highest BCUT2D eigenvalue weighted by Crippen LogP contribution is 2.49. The van der Waals surface area contributed by atoms with Crippen molar-refractivity contribution in [3.63, 3.8) is 0 Å². The number of benzene rings is 1. The molecule has 21 heavy (non-hydrogen) atoms. The van der Waals surface area contributed by atoms with Gasteiger partial charge in [-0.25, -0.2) is 4.39 Å². The summed E-state index contributed by atoms with van der Waals surface area (Å²) in [6.45, 7) is 3.90. The number of hydrogen-bond donors (Lipinski definition) is 0. The van der Waals surface area contributed by atoms with Crippen LogP contribution in [0.3, 0.4) is 0 Å². The summed E-state index contributed by atoms with van der Waals surface area (Å²) >= 11 is 0. The fourth-order valence-corrected chi connectivity index (χ4v) is 3.06. The third kappa shape index (κ3) is 2.77. The van der Waals surface area contributed by atoms with Crippen LogP contribution in [0.1, 0.15) is 24.8 Å². The second-order valence-corrected chi connectivity index (χ2v) is 5.80. The molecule has 2 fully saturated rings. The zero-order chi connectivity index (χ0) is 15.0.